The molecule has 0 aliphatic heterocycles. The summed E-state index contributed by atoms with van der Waals surface area (Å²) in [6.45, 7) is 3.95. The van der Waals surface area contributed by atoms with Gasteiger partial charge < -0.3 is 10.3 Å². The zero-order valence-corrected chi connectivity index (χ0v) is 15.6. The lowest BCUT2D eigenvalue weighted by Gasteiger charge is -2.23. The van der Waals surface area contributed by atoms with Crippen molar-refractivity contribution in [1.29, 1.82) is 0 Å². The van der Waals surface area contributed by atoms with Crippen LogP contribution in [0.15, 0.2) is 40.4 Å². The maximum atomic E-state index is 12.1. The molecule has 0 aliphatic rings. The summed E-state index contributed by atoms with van der Waals surface area (Å²) in [5, 5.41) is 3.17. The smallest absolute Gasteiger partial charge is 0.177 e. The number of nitrogens with one attached hydrogen (secondary N) is 2. The van der Waals surface area contributed by atoms with Crippen LogP contribution in [0.2, 0.25) is 0 Å². The second kappa shape index (κ2) is 6.56. The predicted octanol–water partition coefficient (Wildman–Crippen LogP) is 2.03. The fourth-order valence-corrected chi connectivity index (χ4v) is 3.91. The van der Waals surface area contributed by atoms with Crippen molar-refractivity contribution in [1.82, 2.24) is 9.97 Å². The number of imidazole rings is 1. The van der Waals surface area contributed by atoms with Gasteiger partial charge in [0, 0.05) is 24.9 Å². The van der Waals surface area contributed by atoms with Gasteiger partial charge in [-0.15, -0.1) is 0 Å². The van der Waals surface area contributed by atoms with Gasteiger partial charge in [-0.25, -0.2) is 21.8 Å². The summed E-state index contributed by atoms with van der Waals surface area (Å²) >= 11 is 0. The molecule has 1 unspecified atom stereocenters. The molecule has 0 radical (unpaired) electrons. The summed E-state index contributed by atoms with van der Waals surface area (Å²) in [7, 11) is -7.12. The molecular formula is C15H21N3O4S2. The first-order valence-corrected chi connectivity index (χ1v) is 11.1. The molecule has 0 bridgehead atoms. The molecule has 9 heteroatoms. The average molecular weight is 371 g/mol. The molecule has 0 aliphatic carbocycles. The van der Waals surface area contributed by atoms with Crippen LogP contribution >= 0.6 is 0 Å². The van der Waals surface area contributed by atoms with Crippen molar-refractivity contribution < 1.29 is 16.8 Å². The normalized spacial score (nSPS) is 13.9. The number of hydrogen-bond donors (Lipinski definition) is 2. The van der Waals surface area contributed by atoms with Gasteiger partial charge in [0.15, 0.2) is 19.7 Å². The van der Waals surface area contributed by atoms with Crippen LogP contribution in [-0.2, 0) is 19.7 Å². The Labute approximate surface area is 142 Å². The van der Waals surface area contributed by atoms with Gasteiger partial charge in [0.25, 0.3) is 0 Å². The van der Waals surface area contributed by atoms with Crippen molar-refractivity contribution in [3.8, 4) is 0 Å². The number of aromatic amines is 1. The fourth-order valence-electron chi connectivity index (χ4n) is 2.33. The van der Waals surface area contributed by atoms with Crippen LogP contribution in [0.4, 0.5) is 5.69 Å². The number of benzene rings is 1. The van der Waals surface area contributed by atoms with Gasteiger partial charge in [-0.2, -0.15) is 0 Å². The number of hydrogen-bond acceptors (Lipinski definition) is 6. The number of H-pyrrole nitrogens is 1. The maximum absolute atomic E-state index is 12.1. The summed E-state index contributed by atoms with van der Waals surface area (Å²) < 4.78 is 47.6. The third-order valence-electron chi connectivity index (χ3n) is 3.57. The first-order chi connectivity index (χ1) is 11.0. The van der Waals surface area contributed by atoms with E-state index in [0.29, 0.717) is 11.5 Å². The number of sulfone groups is 2. The van der Waals surface area contributed by atoms with Crippen LogP contribution < -0.4 is 5.32 Å². The molecule has 2 N–H and O–H groups in total. The third kappa shape index (κ3) is 4.15. The maximum Gasteiger partial charge on any atom is 0.177 e. The van der Waals surface area contributed by atoms with Gasteiger partial charge >= 0.3 is 0 Å². The first-order valence-electron chi connectivity index (χ1n) is 7.30. The third-order valence-corrected chi connectivity index (χ3v) is 5.82. The van der Waals surface area contributed by atoms with E-state index in [1.54, 1.807) is 12.4 Å². The summed E-state index contributed by atoms with van der Waals surface area (Å²) in [4.78, 5) is 7.15. The Balaban J connectivity index is 2.53. The van der Waals surface area contributed by atoms with Crippen molar-refractivity contribution in [2.45, 2.75) is 29.7 Å². The molecule has 0 saturated heterocycles. The van der Waals surface area contributed by atoms with Crippen molar-refractivity contribution in [2.24, 2.45) is 5.92 Å². The molecule has 1 aromatic heterocycles. The van der Waals surface area contributed by atoms with Gasteiger partial charge in [0.05, 0.1) is 21.5 Å². The molecule has 1 atom stereocenters. The minimum atomic E-state index is -3.61. The molecule has 0 amide bonds. The Hall–Kier alpha value is -1.87. The van der Waals surface area contributed by atoms with E-state index >= 15 is 0 Å². The largest absolute Gasteiger partial charge is 0.374 e. The molecular weight excluding hydrogens is 350 g/mol. The SMILES string of the molecule is CC(C)C(Nc1ccc(S(C)(=O)=O)cc1S(C)(=O)=O)c1ncc[nH]1. The van der Waals surface area contributed by atoms with Gasteiger partial charge in [-0.1, -0.05) is 13.8 Å². The Morgan fingerprint density at radius 3 is 2.21 bits per heavy atom. The zero-order chi connectivity index (χ0) is 18.1. The van der Waals surface area contributed by atoms with Crippen LogP contribution in [0.1, 0.15) is 25.7 Å². The molecule has 1 heterocycles. The highest BCUT2D eigenvalue weighted by Crippen LogP contribution is 2.30. The van der Waals surface area contributed by atoms with Gasteiger partial charge in [0.1, 0.15) is 5.82 Å². The minimum absolute atomic E-state index is 0.0347. The van der Waals surface area contributed by atoms with Crippen molar-refractivity contribution >= 4 is 25.4 Å². The van der Waals surface area contributed by atoms with E-state index in [4.69, 9.17) is 0 Å². The lowest BCUT2D eigenvalue weighted by Crippen LogP contribution is -2.20. The highest BCUT2D eigenvalue weighted by Gasteiger charge is 2.23. The second-order valence-electron chi connectivity index (χ2n) is 6.04. The van der Waals surface area contributed by atoms with E-state index in [1.165, 1.54) is 18.2 Å². The van der Waals surface area contributed by atoms with E-state index in [1.807, 2.05) is 13.8 Å². The average Bonchev–Trinajstić information content (AvgIpc) is 2.96. The van der Waals surface area contributed by atoms with Crippen molar-refractivity contribution in [3.63, 3.8) is 0 Å². The van der Waals surface area contributed by atoms with Crippen molar-refractivity contribution in [2.75, 3.05) is 17.8 Å². The molecule has 0 fully saturated rings. The van der Waals surface area contributed by atoms with Crippen LogP contribution in [0.3, 0.4) is 0 Å². The number of rotatable bonds is 6. The number of nitrogens with zero attached hydrogens (tertiary/aromatic N) is 1. The molecule has 0 spiro atoms. The number of anilines is 1. The predicted molar refractivity (Wildman–Crippen MR) is 92.5 cm³/mol. The topological polar surface area (TPSA) is 109 Å². The fraction of sp³-hybridized carbons (Fsp3) is 0.400. The van der Waals surface area contributed by atoms with Gasteiger partial charge in [-0.3, -0.25) is 0 Å². The molecule has 1 aromatic carbocycles. The Kier molecular flexibility index (Phi) is 5.05. The quantitative estimate of drug-likeness (QED) is 0.804. The Morgan fingerprint density at radius 1 is 1.08 bits per heavy atom. The van der Waals surface area contributed by atoms with E-state index in [2.05, 4.69) is 15.3 Å². The number of aromatic nitrogens is 2. The summed E-state index contributed by atoms with van der Waals surface area (Å²) in [5.74, 6) is 0.801. The monoisotopic (exact) mass is 371 g/mol. The van der Waals surface area contributed by atoms with Crippen LogP contribution in [0.5, 0.6) is 0 Å². The van der Waals surface area contributed by atoms with E-state index in [-0.39, 0.29) is 21.8 Å². The molecule has 0 saturated carbocycles. The molecule has 7 nitrogen and oxygen atoms in total. The summed E-state index contributed by atoms with van der Waals surface area (Å²) in [5.41, 5.74) is 0.347. The first kappa shape index (κ1) is 18.5. The molecule has 24 heavy (non-hydrogen) atoms. The van der Waals surface area contributed by atoms with Crippen LogP contribution in [0, 0.1) is 5.92 Å². The standard InChI is InChI=1S/C15H21N3O4S2/c1-10(2)14(15-16-7-8-17-15)18-12-6-5-11(23(3,19)20)9-13(12)24(4,21)22/h5-10,14,18H,1-4H3,(H,16,17). The van der Waals surface area contributed by atoms with Crippen LogP contribution in [-0.4, -0.2) is 39.3 Å². The molecule has 2 aromatic rings. The van der Waals surface area contributed by atoms with Gasteiger partial charge in [-0.05, 0) is 24.1 Å². The lowest BCUT2D eigenvalue weighted by molar-refractivity contribution is 0.524. The highest BCUT2D eigenvalue weighted by atomic mass is 32.2. The van der Waals surface area contributed by atoms with E-state index < -0.39 is 19.7 Å². The van der Waals surface area contributed by atoms with Crippen LogP contribution in [0.25, 0.3) is 0 Å². The Morgan fingerprint density at radius 2 is 1.75 bits per heavy atom. The summed E-state index contributed by atoms with van der Waals surface area (Å²) in [6.07, 6.45) is 5.41. The minimum Gasteiger partial charge on any atom is -0.374 e. The van der Waals surface area contributed by atoms with E-state index in [0.717, 1.165) is 12.5 Å². The van der Waals surface area contributed by atoms with Crippen molar-refractivity contribution in [3.05, 3.63) is 36.4 Å². The van der Waals surface area contributed by atoms with E-state index in [9.17, 15) is 16.8 Å². The van der Waals surface area contributed by atoms with Gasteiger partial charge in [0.2, 0.25) is 0 Å². The zero-order valence-electron chi connectivity index (χ0n) is 13.9. The summed E-state index contributed by atoms with van der Waals surface area (Å²) in [6, 6.07) is 3.81. The molecule has 132 valence electrons. The lowest BCUT2D eigenvalue weighted by atomic mass is 10.0. The highest BCUT2D eigenvalue weighted by molar-refractivity contribution is 7.91. The second-order valence-corrected chi connectivity index (χ2v) is 10.0. The molecule has 2 rings (SSSR count). The Bertz CT molecular complexity index is 918.